The van der Waals surface area contributed by atoms with Crippen LogP contribution >= 0.6 is 0 Å². The Kier molecular flexibility index (Phi) is 6.70. The molecule has 0 unspecified atom stereocenters. The fraction of sp³-hybridized carbons (Fsp3) is 0.154. The van der Waals surface area contributed by atoms with Crippen molar-refractivity contribution >= 4 is 38.6 Å². The number of para-hydroxylation sites is 1. The van der Waals surface area contributed by atoms with E-state index in [1.165, 1.54) is 12.3 Å². The van der Waals surface area contributed by atoms with Gasteiger partial charge in [-0.2, -0.15) is 5.10 Å². The van der Waals surface area contributed by atoms with Crippen LogP contribution in [0.25, 0.3) is 16.5 Å². The number of sulfonamides is 1. The van der Waals surface area contributed by atoms with Crippen molar-refractivity contribution in [3.8, 4) is 5.69 Å². The Morgan fingerprint density at radius 1 is 1.06 bits per heavy atom. The first-order chi connectivity index (χ1) is 16.7. The van der Waals surface area contributed by atoms with Gasteiger partial charge in [-0.3, -0.25) is 9.10 Å². The number of hydrazone groups is 1. The van der Waals surface area contributed by atoms with E-state index in [9.17, 15) is 17.6 Å². The molecule has 9 heteroatoms. The van der Waals surface area contributed by atoms with E-state index < -0.39 is 22.5 Å². The molecule has 1 N–H and O–H groups in total. The van der Waals surface area contributed by atoms with E-state index in [0.717, 1.165) is 32.7 Å². The van der Waals surface area contributed by atoms with Crippen LogP contribution in [0.5, 0.6) is 0 Å². The van der Waals surface area contributed by atoms with Gasteiger partial charge < -0.3 is 4.57 Å². The third-order valence-corrected chi connectivity index (χ3v) is 6.81. The van der Waals surface area contributed by atoms with Gasteiger partial charge in [-0.05, 0) is 43.5 Å². The molecule has 1 aromatic heterocycles. The molecule has 7 nitrogen and oxygen atoms in total. The molecule has 0 aliphatic heterocycles. The number of aryl methyl sites for hydroxylation is 1. The molecule has 4 aromatic rings. The van der Waals surface area contributed by atoms with Gasteiger partial charge >= 0.3 is 0 Å². The highest BCUT2D eigenvalue weighted by Gasteiger charge is 2.22. The van der Waals surface area contributed by atoms with E-state index >= 15 is 0 Å². The average molecular weight is 493 g/mol. The van der Waals surface area contributed by atoms with Crippen molar-refractivity contribution in [2.45, 2.75) is 13.8 Å². The quantitative estimate of drug-likeness (QED) is 0.308. The van der Waals surface area contributed by atoms with Gasteiger partial charge in [0.2, 0.25) is 10.0 Å². The SMILES string of the molecule is Cc1cc(/C=N/NC(=O)CN(c2cccc3ccccc23)S(C)(=O)=O)c(C)n1-c1ccccc1F. The van der Waals surface area contributed by atoms with Gasteiger partial charge in [0.25, 0.3) is 5.91 Å². The number of hydrogen-bond donors (Lipinski definition) is 1. The van der Waals surface area contributed by atoms with E-state index in [4.69, 9.17) is 0 Å². The maximum Gasteiger partial charge on any atom is 0.260 e. The lowest BCUT2D eigenvalue weighted by Crippen LogP contribution is -2.39. The minimum atomic E-state index is -3.74. The van der Waals surface area contributed by atoms with Crippen molar-refractivity contribution in [2.75, 3.05) is 17.1 Å². The minimum absolute atomic E-state index is 0.347. The van der Waals surface area contributed by atoms with Crippen molar-refractivity contribution in [3.63, 3.8) is 0 Å². The number of anilines is 1. The molecule has 0 radical (unpaired) electrons. The lowest BCUT2D eigenvalue weighted by atomic mass is 10.1. The maximum absolute atomic E-state index is 14.3. The average Bonchev–Trinajstić information content (AvgIpc) is 3.09. The molecule has 0 saturated carbocycles. The van der Waals surface area contributed by atoms with Gasteiger partial charge in [0.05, 0.1) is 23.8 Å². The third-order valence-electron chi connectivity index (χ3n) is 5.68. The molecule has 3 aromatic carbocycles. The highest BCUT2D eigenvalue weighted by Crippen LogP contribution is 2.28. The van der Waals surface area contributed by atoms with Crippen LogP contribution in [0, 0.1) is 19.7 Å². The van der Waals surface area contributed by atoms with E-state index in [1.807, 2.05) is 50.2 Å². The van der Waals surface area contributed by atoms with E-state index in [1.54, 1.807) is 34.9 Å². The molecule has 35 heavy (non-hydrogen) atoms. The Morgan fingerprint density at radius 3 is 2.49 bits per heavy atom. The predicted molar refractivity (Wildman–Crippen MR) is 137 cm³/mol. The number of amides is 1. The summed E-state index contributed by atoms with van der Waals surface area (Å²) in [6.45, 7) is 3.25. The number of halogens is 1. The smallest absolute Gasteiger partial charge is 0.260 e. The number of fused-ring (bicyclic) bond motifs is 1. The summed E-state index contributed by atoms with van der Waals surface area (Å²) >= 11 is 0. The Bertz CT molecular complexity index is 1540. The second-order valence-electron chi connectivity index (χ2n) is 8.17. The van der Waals surface area contributed by atoms with Crippen molar-refractivity contribution < 1.29 is 17.6 Å². The van der Waals surface area contributed by atoms with E-state index in [-0.39, 0.29) is 5.82 Å². The largest absolute Gasteiger partial charge is 0.315 e. The minimum Gasteiger partial charge on any atom is -0.315 e. The zero-order chi connectivity index (χ0) is 25.2. The number of aromatic nitrogens is 1. The summed E-state index contributed by atoms with van der Waals surface area (Å²) in [5.41, 5.74) is 5.48. The Balaban J connectivity index is 1.54. The zero-order valence-corrected chi connectivity index (χ0v) is 20.4. The number of carbonyl (C=O) groups is 1. The van der Waals surface area contributed by atoms with Crippen molar-refractivity contribution in [2.24, 2.45) is 5.10 Å². The molecular weight excluding hydrogens is 467 g/mol. The molecule has 4 rings (SSSR count). The van der Waals surface area contributed by atoms with Crippen molar-refractivity contribution in [3.05, 3.63) is 95.6 Å². The van der Waals surface area contributed by atoms with Gasteiger partial charge in [0.1, 0.15) is 12.4 Å². The summed E-state index contributed by atoms with van der Waals surface area (Å²) in [5.74, 6) is -0.942. The molecule has 0 atom stereocenters. The van der Waals surface area contributed by atoms with Crippen LogP contribution in [0.4, 0.5) is 10.1 Å². The second kappa shape index (κ2) is 9.71. The summed E-state index contributed by atoms with van der Waals surface area (Å²) in [7, 11) is -3.74. The predicted octanol–water partition coefficient (Wildman–Crippen LogP) is 4.30. The second-order valence-corrected chi connectivity index (χ2v) is 10.1. The Morgan fingerprint density at radius 2 is 1.74 bits per heavy atom. The zero-order valence-electron chi connectivity index (χ0n) is 19.6. The number of benzene rings is 3. The van der Waals surface area contributed by atoms with Gasteiger partial charge in [-0.25, -0.2) is 18.2 Å². The fourth-order valence-corrected chi connectivity index (χ4v) is 4.94. The summed E-state index contributed by atoms with van der Waals surface area (Å²) in [6, 6.07) is 20.9. The molecule has 1 heterocycles. The molecule has 1 amide bonds. The lowest BCUT2D eigenvalue weighted by molar-refractivity contribution is -0.119. The number of carbonyl (C=O) groups excluding carboxylic acids is 1. The van der Waals surface area contributed by atoms with Crippen LogP contribution in [0.3, 0.4) is 0 Å². The van der Waals surface area contributed by atoms with Gasteiger partial charge in [0, 0.05) is 22.3 Å². The molecule has 0 aliphatic rings. The van der Waals surface area contributed by atoms with Crippen molar-refractivity contribution in [1.82, 2.24) is 9.99 Å². The highest BCUT2D eigenvalue weighted by molar-refractivity contribution is 7.92. The van der Waals surface area contributed by atoms with Crippen molar-refractivity contribution in [1.29, 1.82) is 0 Å². The van der Waals surface area contributed by atoms with E-state index in [2.05, 4.69) is 10.5 Å². The number of rotatable bonds is 7. The molecule has 0 aliphatic carbocycles. The lowest BCUT2D eigenvalue weighted by Gasteiger charge is -2.23. The standard InChI is InChI=1S/C26H25FN4O3S/c1-18-15-21(19(2)31(18)25-13-7-6-12-23(25)27)16-28-29-26(32)17-30(35(3,33)34)24-14-8-10-20-9-4-5-11-22(20)24/h4-16H,17H2,1-3H3,(H,29,32)/b28-16+. The first-order valence-electron chi connectivity index (χ1n) is 10.9. The highest BCUT2D eigenvalue weighted by atomic mass is 32.2. The van der Waals surface area contributed by atoms with E-state index in [0.29, 0.717) is 16.9 Å². The van der Waals surface area contributed by atoms with Crippen LogP contribution in [0.1, 0.15) is 17.0 Å². The molecule has 0 fully saturated rings. The molecular formula is C26H25FN4O3S. The van der Waals surface area contributed by atoms with Crippen LogP contribution in [0.2, 0.25) is 0 Å². The van der Waals surface area contributed by atoms with Crippen LogP contribution in [-0.4, -0.2) is 37.9 Å². The molecule has 0 saturated heterocycles. The summed E-state index contributed by atoms with van der Waals surface area (Å²) < 4.78 is 42.2. The Hall–Kier alpha value is -3.98. The Labute approximate surface area is 203 Å². The topological polar surface area (TPSA) is 83.8 Å². The first-order valence-corrected chi connectivity index (χ1v) is 12.7. The van der Waals surface area contributed by atoms with Gasteiger partial charge in [-0.15, -0.1) is 0 Å². The number of nitrogens with one attached hydrogen (secondary N) is 1. The fourth-order valence-electron chi connectivity index (χ4n) is 4.07. The van der Waals surface area contributed by atoms with Crippen LogP contribution in [-0.2, 0) is 14.8 Å². The van der Waals surface area contributed by atoms with Gasteiger partial charge in [0.15, 0.2) is 0 Å². The third kappa shape index (κ3) is 5.09. The molecule has 0 spiro atoms. The number of hydrogen-bond acceptors (Lipinski definition) is 4. The molecule has 0 bridgehead atoms. The summed E-state index contributed by atoms with van der Waals surface area (Å²) in [6.07, 6.45) is 2.52. The monoisotopic (exact) mass is 492 g/mol. The summed E-state index contributed by atoms with van der Waals surface area (Å²) in [5, 5.41) is 5.59. The maximum atomic E-state index is 14.3. The first kappa shape index (κ1) is 24.2. The number of nitrogens with zero attached hydrogens (tertiary/aromatic N) is 3. The van der Waals surface area contributed by atoms with Gasteiger partial charge in [-0.1, -0.05) is 48.5 Å². The van der Waals surface area contributed by atoms with Crippen LogP contribution in [0.15, 0.2) is 77.9 Å². The normalized spacial score (nSPS) is 11.8. The summed E-state index contributed by atoms with van der Waals surface area (Å²) in [4.78, 5) is 12.6. The van der Waals surface area contributed by atoms with Crippen LogP contribution < -0.4 is 9.73 Å². The molecule has 180 valence electrons.